The minimum atomic E-state index is -0.0108. The van der Waals surface area contributed by atoms with Crippen molar-refractivity contribution in [3.05, 3.63) is 0 Å². The summed E-state index contributed by atoms with van der Waals surface area (Å²) in [4.78, 5) is 12.7. The summed E-state index contributed by atoms with van der Waals surface area (Å²) in [6.45, 7) is 2.74. The molecule has 1 heterocycles. The highest BCUT2D eigenvalue weighted by Gasteiger charge is 2.14. The molecule has 0 aromatic carbocycles. The number of urea groups is 1. The van der Waals surface area contributed by atoms with Crippen LogP contribution in [0, 0.1) is 0 Å². The van der Waals surface area contributed by atoms with E-state index >= 15 is 0 Å². The number of hydrogen-bond acceptors (Lipinski definition) is 2. The lowest BCUT2D eigenvalue weighted by Gasteiger charge is -2.26. The second kappa shape index (κ2) is 3.41. The van der Waals surface area contributed by atoms with Gasteiger partial charge in [-0.2, -0.15) is 0 Å². The van der Waals surface area contributed by atoms with E-state index in [4.69, 9.17) is 4.74 Å². The van der Waals surface area contributed by atoms with Crippen LogP contribution in [0.1, 0.15) is 0 Å². The van der Waals surface area contributed by atoms with Crippen molar-refractivity contribution in [3.63, 3.8) is 0 Å². The first kappa shape index (κ1) is 7.34. The van der Waals surface area contributed by atoms with Gasteiger partial charge in [0.25, 0.3) is 0 Å². The summed E-state index contributed by atoms with van der Waals surface area (Å²) in [5.41, 5.74) is 0. The average molecular weight is 144 g/mol. The van der Waals surface area contributed by atoms with Gasteiger partial charge in [0, 0.05) is 20.1 Å². The van der Waals surface area contributed by atoms with Crippen molar-refractivity contribution in [3.8, 4) is 0 Å². The molecule has 4 heteroatoms. The molecule has 2 amide bonds. The fraction of sp³-hybridized carbons (Fsp3) is 0.833. The van der Waals surface area contributed by atoms with Gasteiger partial charge in [0.15, 0.2) is 0 Å². The van der Waals surface area contributed by atoms with E-state index in [0.717, 1.165) is 0 Å². The summed E-state index contributed by atoms with van der Waals surface area (Å²) in [6.07, 6.45) is 0. The van der Waals surface area contributed by atoms with Crippen LogP contribution in [-0.4, -0.2) is 44.3 Å². The topological polar surface area (TPSA) is 41.6 Å². The van der Waals surface area contributed by atoms with Gasteiger partial charge < -0.3 is 15.0 Å². The van der Waals surface area contributed by atoms with Gasteiger partial charge in [0.1, 0.15) is 0 Å². The Kier molecular flexibility index (Phi) is 2.50. The first-order chi connectivity index (χ1) is 4.84. The van der Waals surface area contributed by atoms with E-state index in [1.165, 1.54) is 0 Å². The van der Waals surface area contributed by atoms with E-state index in [2.05, 4.69) is 5.32 Å². The first-order valence-electron chi connectivity index (χ1n) is 3.39. The van der Waals surface area contributed by atoms with Crippen LogP contribution in [0.25, 0.3) is 0 Å². The molecular weight excluding hydrogens is 132 g/mol. The van der Waals surface area contributed by atoms with Crippen molar-refractivity contribution in [2.75, 3.05) is 33.4 Å². The largest absolute Gasteiger partial charge is 0.378 e. The molecule has 4 nitrogen and oxygen atoms in total. The lowest BCUT2D eigenvalue weighted by atomic mass is 10.4. The van der Waals surface area contributed by atoms with Crippen LogP contribution in [-0.2, 0) is 4.74 Å². The lowest BCUT2D eigenvalue weighted by molar-refractivity contribution is 0.0537. The molecule has 1 rings (SSSR count). The Morgan fingerprint density at radius 1 is 1.50 bits per heavy atom. The molecule has 1 aliphatic heterocycles. The minimum Gasteiger partial charge on any atom is -0.378 e. The zero-order valence-electron chi connectivity index (χ0n) is 6.09. The highest BCUT2D eigenvalue weighted by Crippen LogP contribution is 1.95. The molecule has 0 aromatic rings. The van der Waals surface area contributed by atoms with E-state index in [0.29, 0.717) is 26.3 Å². The molecule has 0 spiro atoms. The summed E-state index contributed by atoms with van der Waals surface area (Å²) in [5, 5.41) is 2.57. The molecule has 0 radical (unpaired) electrons. The highest BCUT2D eigenvalue weighted by molar-refractivity contribution is 5.73. The third-order valence-electron chi connectivity index (χ3n) is 1.51. The van der Waals surface area contributed by atoms with Gasteiger partial charge in [0.2, 0.25) is 0 Å². The molecule has 1 saturated heterocycles. The van der Waals surface area contributed by atoms with Crippen LogP contribution >= 0.6 is 0 Å². The quantitative estimate of drug-likeness (QED) is 0.505. The van der Waals surface area contributed by atoms with Crippen molar-refractivity contribution in [2.24, 2.45) is 0 Å². The molecule has 10 heavy (non-hydrogen) atoms. The van der Waals surface area contributed by atoms with Crippen LogP contribution in [0.5, 0.6) is 0 Å². The Morgan fingerprint density at radius 2 is 2.10 bits per heavy atom. The number of nitrogens with zero attached hydrogens (tertiary/aromatic N) is 1. The number of ether oxygens (including phenoxy) is 1. The van der Waals surface area contributed by atoms with Gasteiger partial charge in [0.05, 0.1) is 13.2 Å². The van der Waals surface area contributed by atoms with Crippen LogP contribution in [0.2, 0.25) is 0 Å². The zero-order chi connectivity index (χ0) is 7.40. The average Bonchev–Trinajstić information content (AvgIpc) is 2.05. The second-order valence-electron chi connectivity index (χ2n) is 2.15. The molecule has 0 atom stereocenters. The monoisotopic (exact) mass is 144 g/mol. The van der Waals surface area contributed by atoms with Crippen molar-refractivity contribution >= 4 is 6.03 Å². The SMILES string of the molecule is CNC(=O)N1CCOCC1. The van der Waals surface area contributed by atoms with Gasteiger partial charge in [-0.3, -0.25) is 0 Å². The number of rotatable bonds is 0. The number of nitrogens with one attached hydrogen (secondary N) is 1. The standard InChI is InChI=1S/C6H12N2O2/c1-7-6(9)8-2-4-10-5-3-8/h2-5H2,1H3,(H,7,9). The van der Waals surface area contributed by atoms with E-state index in [9.17, 15) is 4.79 Å². The molecule has 58 valence electrons. The van der Waals surface area contributed by atoms with Crippen LogP contribution < -0.4 is 5.32 Å². The fourth-order valence-electron chi connectivity index (χ4n) is 0.925. The Bertz CT molecular complexity index is 121. The lowest BCUT2D eigenvalue weighted by Crippen LogP contribution is -2.44. The van der Waals surface area contributed by atoms with Gasteiger partial charge in [-0.15, -0.1) is 0 Å². The van der Waals surface area contributed by atoms with Gasteiger partial charge in [-0.05, 0) is 0 Å². The number of carbonyl (C=O) groups excluding carboxylic acids is 1. The molecule has 0 aliphatic carbocycles. The number of carbonyl (C=O) groups is 1. The highest BCUT2D eigenvalue weighted by atomic mass is 16.5. The molecule has 0 bridgehead atoms. The predicted octanol–water partition coefficient (Wildman–Crippen LogP) is -0.342. The maximum absolute atomic E-state index is 10.9. The normalized spacial score (nSPS) is 18.7. The van der Waals surface area contributed by atoms with Gasteiger partial charge >= 0.3 is 6.03 Å². The predicted molar refractivity (Wildman–Crippen MR) is 36.8 cm³/mol. The van der Waals surface area contributed by atoms with Crippen LogP contribution in [0.4, 0.5) is 4.79 Å². The Hall–Kier alpha value is -0.770. The third-order valence-corrected chi connectivity index (χ3v) is 1.51. The summed E-state index contributed by atoms with van der Waals surface area (Å²) < 4.78 is 5.07. The zero-order valence-corrected chi connectivity index (χ0v) is 6.09. The van der Waals surface area contributed by atoms with E-state index in [-0.39, 0.29) is 6.03 Å². The molecule has 1 N–H and O–H groups in total. The number of morpholine rings is 1. The molecule has 0 aromatic heterocycles. The minimum absolute atomic E-state index is 0.0108. The number of hydrogen-bond donors (Lipinski definition) is 1. The van der Waals surface area contributed by atoms with E-state index < -0.39 is 0 Å². The molecule has 1 aliphatic rings. The van der Waals surface area contributed by atoms with Crippen molar-refractivity contribution in [1.29, 1.82) is 0 Å². The summed E-state index contributed by atoms with van der Waals surface area (Å²) in [6, 6.07) is -0.0108. The van der Waals surface area contributed by atoms with Gasteiger partial charge in [-0.25, -0.2) is 4.79 Å². The summed E-state index contributed by atoms with van der Waals surface area (Å²) in [7, 11) is 1.64. The summed E-state index contributed by atoms with van der Waals surface area (Å²) in [5.74, 6) is 0. The van der Waals surface area contributed by atoms with Crippen molar-refractivity contribution in [1.82, 2.24) is 10.2 Å². The first-order valence-corrected chi connectivity index (χ1v) is 3.39. The molecule has 1 fully saturated rings. The Morgan fingerprint density at radius 3 is 2.60 bits per heavy atom. The molecule has 0 saturated carbocycles. The van der Waals surface area contributed by atoms with E-state index in [1.54, 1.807) is 11.9 Å². The van der Waals surface area contributed by atoms with Crippen molar-refractivity contribution in [2.45, 2.75) is 0 Å². The molecular formula is C6H12N2O2. The smallest absolute Gasteiger partial charge is 0.317 e. The second-order valence-corrected chi connectivity index (χ2v) is 2.15. The Labute approximate surface area is 60.1 Å². The third kappa shape index (κ3) is 1.60. The van der Waals surface area contributed by atoms with Crippen LogP contribution in [0.3, 0.4) is 0 Å². The van der Waals surface area contributed by atoms with Crippen LogP contribution in [0.15, 0.2) is 0 Å². The molecule has 0 unspecified atom stereocenters. The summed E-state index contributed by atoms with van der Waals surface area (Å²) >= 11 is 0. The maximum Gasteiger partial charge on any atom is 0.317 e. The fourth-order valence-corrected chi connectivity index (χ4v) is 0.925. The maximum atomic E-state index is 10.9. The Balaban J connectivity index is 2.31. The van der Waals surface area contributed by atoms with E-state index in [1.807, 2.05) is 0 Å². The van der Waals surface area contributed by atoms with Gasteiger partial charge in [-0.1, -0.05) is 0 Å². The van der Waals surface area contributed by atoms with Crippen molar-refractivity contribution < 1.29 is 9.53 Å². The number of amides is 2.